The highest BCUT2D eigenvalue weighted by Crippen LogP contribution is 2.24. The second kappa shape index (κ2) is 7.86. The average molecular weight is 394 g/mol. The Hall–Kier alpha value is -3.12. The number of carbonyl (C=O) groups is 1. The average Bonchev–Trinajstić information content (AvgIpc) is 2.68. The number of amides is 1. The van der Waals surface area contributed by atoms with Crippen LogP contribution in [0.3, 0.4) is 0 Å². The summed E-state index contributed by atoms with van der Waals surface area (Å²) >= 11 is 0. The van der Waals surface area contributed by atoms with Crippen LogP contribution in [0.25, 0.3) is 11.1 Å². The first kappa shape index (κ1) is 19.6. The van der Waals surface area contributed by atoms with Crippen molar-refractivity contribution in [2.24, 2.45) is 0 Å². The van der Waals surface area contributed by atoms with E-state index in [9.17, 15) is 13.2 Å². The fourth-order valence-electron chi connectivity index (χ4n) is 2.73. The molecule has 3 rings (SSSR count). The number of nitrogens with one attached hydrogen (secondary N) is 1. The molecule has 0 radical (unpaired) electrons. The highest BCUT2D eigenvalue weighted by Gasteiger charge is 2.14. The molecule has 0 fully saturated rings. The first-order valence-electron chi connectivity index (χ1n) is 8.78. The molecule has 0 atom stereocenters. The van der Waals surface area contributed by atoms with E-state index in [4.69, 9.17) is 0 Å². The Morgan fingerprint density at radius 3 is 1.79 bits per heavy atom. The molecule has 1 amide bonds. The molecule has 0 aromatic heterocycles. The SMILES string of the molecule is Cc1ccc(S(=O)(=O)Nc2ccc(-c3ccc(C(=O)N(C)C)cc3)cc2)cc1. The molecule has 0 aliphatic carbocycles. The molecular formula is C22H22N2O3S. The molecule has 3 aromatic carbocycles. The van der Waals surface area contributed by atoms with Crippen LogP contribution >= 0.6 is 0 Å². The van der Waals surface area contributed by atoms with Crippen molar-refractivity contribution in [1.29, 1.82) is 0 Å². The van der Waals surface area contributed by atoms with Crippen molar-refractivity contribution < 1.29 is 13.2 Å². The number of aryl methyl sites for hydroxylation is 1. The van der Waals surface area contributed by atoms with Crippen LogP contribution in [0, 0.1) is 6.92 Å². The minimum atomic E-state index is -3.62. The van der Waals surface area contributed by atoms with Gasteiger partial charge < -0.3 is 4.90 Å². The summed E-state index contributed by atoms with van der Waals surface area (Å²) in [5, 5.41) is 0. The third-order valence-electron chi connectivity index (χ3n) is 4.34. The van der Waals surface area contributed by atoms with E-state index >= 15 is 0 Å². The van der Waals surface area contributed by atoms with Gasteiger partial charge in [0.2, 0.25) is 0 Å². The molecule has 6 heteroatoms. The van der Waals surface area contributed by atoms with Crippen LogP contribution in [0.5, 0.6) is 0 Å². The predicted octanol–water partition coefficient (Wildman–Crippen LogP) is 4.16. The second-order valence-corrected chi connectivity index (χ2v) is 8.46. The maximum Gasteiger partial charge on any atom is 0.261 e. The number of anilines is 1. The Morgan fingerprint density at radius 2 is 1.29 bits per heavy atom. The van der Waals surface area contributed by atoms with Gasteiger partial charge in [-0.3, -0.25) is 9.52 Å². The lowest BCUT2D eigenvalue weighted by atomic mass is 10.0. The normalized spacial score (nSPS) is 11.1. The van der Waals surface area contributed by atoms with Crippen LogP contribution in [-0.2, 0) is 10.0 Å². The topological polar surface area (TPSA) is 66.5 Å². The van der Waals surface area contributed by atoms with Gasteiger partial charge in [-0.25, -0.2) is 8.42 Å². The number of carbonyl (C=O) groups excluding carboxylic acids is 1. The van der Waals surface area contributed by atoms with Crippen molar-refractivity contribution in [1.82, 2.24) is 4.90 Å². The van der Waals surface area contributed by atoms with Crippen LogP contribution in [0.4, 0.5) is 5.69 Å². The van der Waals surface area contributed by atoms with Crippen LogP contribution in [-0.4, -0.2) is 33.3 Å². The van der Waals surface area contributed by atoms with Gasteiger partial charge in [-0.2, -0.15) is 0 Å². The van der Waals surface area contributed by atoms with Crippen molar-refractivity contribution >= 4 is 21.6 Å². The van der Waals surface area contributed by atoms with E-state index in [-0.39, 0.29) is 10.8 Å². The Kier molecular flexibility index (Phi) is 5.51. The molecule has 0 saturated heterocycles. The highest BCUT2D eigenvalue weighted by atomic mass is 32.2. The largest absolute Gasteiger partial charge is 0.345 e. The first-order chi connectivity index (χ1) is 13.3. The van der Waals surface area contributed by atoms with Crippen molar-refractivity contribution in [2.75, 3.05) is 18.8 Å². The van der Waals surface area contributed by atoms with E-state index in [0.717, 1.165) is 16.7 Å². The zero-order valence-corrected chi connectivity index (χ0v) is 16.8. The van der Waals surface area contributed by atoms with Crippen LogP contribution in [0.15, 0.2) is 77.7 Å². The van der Waals surface area contributed by atoms with Gasteiger partial charge >= 0.3 is 0 Å². The molecule has 144 valence electrons. The van der Waals surface area contributed by atoms with Crippen LogP contribution in [0.2, 0.25) is 0 Å². The molecule has 28 heavy (non-hydrogen) atoms. The van der Waals surface area contributed by atoms with Crippen molar-refractivity contribution in [3.8, 4) is 11.1 Å². The number of nitrogens with zero attached hydrogens (tertiary/aromatic N) is 1. The summed E-state index contributed by atoms with van der Waals surface area (Å²) in [7, 11) is -0.193. The maximum absolute atomic E-state index is 12.5. The lowest BCUT2D eigenvalue weighted by Gasteiger charge is -2.11. The third kappa shape index (κ3) is 4.40. The monoisotopic (exact) mass is 394 g/mol. The van der Waals surface area contributed by atoms with E-state index in [1.165, 1.54) is 4.90 Å². The fourth-order valence-corrected chi connectivity index (χ4v) is 3.78. The summed E-state index contributed by atoms with van der Waals surface area (Å²) < 4.78 is 27.5. The standard InChI is InChI=1S/C22H22N2O3S/c1-16-4-14-21(15-5-16)28(26,27)23-20-12-10-18(11-13-20)17-6-8-19(9-7-17)22(25)24(2)3/h4-15,23H,1-3H3. The fraction of sp³-hybridized carbons (Fsp3) is 0.136. The second-order valence-electron chi connectivity index (χ2n) is 6.77. The van der Waals surface area contributed by atoms with E-state index in [1.807, 2.05) is 31.2 Å². The van der Waals surface area contributed by atoms with Gasteiger partial charge in [-0.05, 0) is 54.4 Å². The first-order valence-corrected chi connectivity index (χ1v) is 10.3. The highest BCUT2D eigenvalue weighted by molar-refractivity contribution is 7.92. The zero-order chi connectivity index (χ0) is 20.3. The lowest BCUT2D eigenvalue weighted by molar-refractivity contribution is 0.0827. The lowest BCUT2D eigenvalue weighted by Crippen LogP contribution is -2.21. The Labute approximate surface area is 165 Å². The van der Waals surface area contributed by atoms with Gasteiger partial charge in [0.05, 0.1) is 4.90 Å². The Bertz CT molecular complexity index is 1070. The number of rotatable bonds is 5. The van der Waals surface area contributed by atoms with Crippen molar-refractivity contribution in [3.05, 3.63) is 83.9 Å². The Balaban J connectivity index is 1.76. The molecule has 0 aliphatic rings. The van der Waals surface area contributed by atoms with Gasteiger partial charge in [-0.1, -0.05) is 42.0 Å². The molecule has 0 aliphatic heterocycles. The molecule has 0 unspecified atom stereocenters. The number of benzene rings is 3. The van der Waals surface area contributed by atoms with Gasteiger partial charge in [0.15, 0.2) is 0 Å². The van der Waals surface area contributed by atoms with Crippen LogP contribution < -0.4 is 4.72 Å². The van der Waals surface area contributed by atoms with E-state index < -0.39 is 10.0 Å². The van der Waals surface area contributed by atoms with E-state index in [2.05, 4.69) is 4.72 Å². The third-order valence-corrected chi connectivity index (χ3v) is 5.74. The maximum atomic E-state index is 12.5. The predicted molar refractivity (Wildman–Crippen MR) is 112 cm³/mol. The van der Waals surface area contributed by atoms with Crippen molar-refractivity contribution in [2.45, 2.75) is 11.8 Å². The quantitative estimate of drug-likeness (QED) is 0.706. The van der Waals surface area contributed by atoms with E-state index in [0.29, 0.717) is 11.3 Å². The summed E-state index contributed by atoms with van der Waals surface area (Å²) in [6.45, 7) is 1.91. The summed E-state index contributed by atoms with van der Waals surface area (Å²) in [6.07, 6.45) is 0. The Morgan fingerprint density at radius 1 is 0.786 bits per heavy atom. The molecule has 0 saturated carbocycles. The number of hydrogen-bond donors (Lipinski definition) is 1. The van der Waals surface area contributed by atoms with Crippen molar-refractivity contribution in [3.63, 3.8) is 0 Å². The van der Waals surface area contributed by atoms with Gasteiger partial charge in [0, 0.05) is 25.3 Å². The summed E-state index contributed by atoms with van der Waals surface area (Å²) in [4.78, 5) is 13.7. The zero-order valence-electron chi connectivity index (χ0n) is 16.0. The van der Waals surface area contributed by atoms with Crippen LogP contribution in [0.1, 0.15) is 15.9 Å². The summed E-state index contributed by atoms with van der Waals surface area (Å²) in [5.74, 6) is -0.0487. The van der Waals surface area contributed by atoms with Gasteiger partial charge in [0.1, 0.15) is 0 Å². The van der Waals surface area contributed by atoms with Gasteiger partial charge in [0.25, 0.3) is 15.9 Å². The molecule has 1 N–H and O–H groups in total. The van der Waals surface area contributed by atoms with Gasteiger partial charge in [-0.15, -0.1) is 0 Å². The molecule has 0 bridgehead atoms. The smallest absolute Gasteiger partial charge is 0.261 e. The molecule has 0 spiro atoms. The van der Waals surface area contributed by atoms with E-state index in [1.54, 1.807) is 62.6 Å². The minimum Gasteiger partial charge on any atom is -0.345 e. The molecule has 3 aromatic rings. The molecule has 0 heterocycles. The molecular weight excluding hydrogens is 372 g/mol. The number of hydrogen-bond acceptors (Lipinski definition) is 3. The number of sulfonamides is 1. The summed E-state index contributed by atoms with van der Waals surface area (Å²) in [6, 6.07) is 21.2. The minimum absolute atomic E-state index is 0.0487. The summed E-state index contributed by atoms with van der Waals surface area (Å²) in [5.41, 5.74) is 3.99. The molecule has 5 nitrogen and oxygen atoms in total.